The number of nitrogens with zero attached hydrogens (tertiary/aromatic N) is 3. The Kier molecular flexibility index (Phi) is 5.81. The zero-order chi connectivity index (χ0) is 20.5. The Morgan fingerprint density at radius 1 is 1.28 bits per heavy atom. The number of benzene rings is 1. The monoisotopic (exact) mass is 411 g/mol. The molecule has 29 heavy (non-hydrogen) atoms. The Hall–Kier alpha value is -2.08. The molecule has 0 bridgehead atoms. The lowest BCUT2D eigenvalue weighted by Gasteiger charge is -2.35. The molecule has 0 aliphatic carbocycles. The number of methoxy groups -OCH3 is 1. The van der Waals surface area contributed by atoms with Crippen molar-refractivity contribution in [3.63, 3.8) is 0 Å². The number of allylic oxidation sites excluding steroid dienone is 1. The second-order valence-electron chi connectivity index (χ2n) is 8.17. The molecule has 0 saturated carbocycles. The number of hydrogen-bond acceptors (Lipinski definition) is 6. The molecule has 5 nitrogen and oxygen atoms in total. The maximum Gasteiger partial charge on any atom is 0.338 e. The van der Waals surface area contributed by atoms with Gasteiger partial charge in [0.05, 0.1) is 35.8 Å². The van der Waals surface area contributed by atoms with E-state index < -0.39 is 0 Å². The first-order valence-corrected chi connectivity index (χ1v) is 11.6. The smallest absolute Gasteiger partial charge is 0.338 e. The number of rotatable bonds is 3. The fourth-order valence-electron chi connectivity index (χ4n) is 4.31. The first-order chi connectivity index (χ1) is 14.0. The summed E-state index contributed by atoms with van der Waals surface area (Å²) in [6.45, 7) is 6.13. The van der Waals surface area contributed by atoms with Gasteiger partial charge in [0.2, 0.25) is 0 Å². The molecule has 1 saturated heterocycles. The largest absolute Gasteiger partial charge is 0.465 e. The number of ether oxygens (including phenoxy) is 1. The van der Waals surface area contributed by atoms with Crippen LogP contribution in [0.1, 0.15) is 55.5 Å². The Morgan fingerprint density at radius 2 is 2.03 bits per heavy atom. The summed E-state index contributed by atoms with van der Waals surface area (Å²) >= 11 is 2.07. The van der Waals surface area contributed by atoms with Gasteiger partial charge >= 0.3 is 5.97 Å². The number of thioether (sulfide) groups is 1. The van der Waals surface area contributed by atoms with Crippen LogP contribution in [0.5, 0.6) is 0 Å². The topological polar surface area (TPSA) is 54.3 Å². The van der Waals surface area contributed by atoms with Gasteiger partial charge in [-0.1, -0.05) is 6.08 Å². The highest BCUT2D eigenvalue weighted by Gasteiger charge is 2.32. The Balaban J connectivity index is 1.79. The van der Waals surface area contributed by atoms with Crippen LogP contribution in [0.3, 0.4) is 0 Å². The molecule has 6 heteroatoms. The van der Waals surface area contributed by atoms with Crippen molar-refractivity contribution in [3.05, 3.63) is 35.0 Å². The van der Waals surface area contributed by atoms with Gasteiger partial charge in [0.15, 0.2) is 5.84 Å². The maximum absolute atomic E-state index is 12.2. The van der Waals surface area contributed by atoms with E-state index in [0.717, 1.165) is 47.2 Å². The number of aryl methyl sites for hydroxylation is 1. The Bertz CT molecular complexity index is 913. The second-order valence-corrected chi connectivity index (χ2v) is 9.40. The summed E-state index contributed by atoms with van der Waals surface area (Å²) in [6.07, 6.45) is 6.93. The van der Waals surface area contributed by atoms with Crippen molar-refractivity contribution >= 4 is 40.7 Å². The first-order valence-electron chi connectivity index (χ1n) is 10.4. The van der Waals surface area contributed by atoms with E-state index in [2.05, 4.69) is 35.7 Å². The minimum absolute atomic E-state index is 0.231. The lowest BCUT2D eigenvalue weighted by Crippen LogP contribution is -2.38. The van der Waals surface area contributed by atoms with E-state index in [1.807, 2.05) is 19.9 Å². The van der Waals surface area contributed by atoms with Crippen molar-refractivity contribution in [2.45, 2.75) is 52.5 Å². The standard InChI is InChI=1S/C23H29N3O2S/c1-14-11-21-20(13-19(14)23(27)28-4)25-16(3)22-24-15(2)5-6-18(26(21)22)12-17-7-9-29-10-8-17/h6,11,13,15,17H,5,7-10,12H2,1-4H3. The number of aliphatic imine (C=N–C) groups is 2. The molecular weight excluding hydrogens is 382 g/mol. The summed E-state index contributed by atoms with van der Waals surface area (Å²) in [4.78, 5) is 24.3. The highest BCUT2D eigenvalue weighted by molar-refractivity contribution is 7.99. The van der Waals surface area contributed by atoms with Gasteiger partial charge < -0.3 is 4.74 Å². The van der Waals surface area contributed by atoms with Crippen LogP contribution in [0.15, 0.2) is 33.9 Å². The predicted molar refractivity (Wildman–Crippen MR) is 122 cm³/mol. The summed E-state index contributed by atoms with van der Waals surface area (Å²) in [5.41, 5.74) is 5.52. The van der Waals surface area contributed by atoms with Crippen molar-refractivity contribution in [2.75, 3.05) is 23.5 Å². The third-order valence-electron chi connectivity index (χ3n) is 5.95. The van der Waals surface area contributed by atoms with Crippen LogP contribution in [-0.2, 0) is 4.74 Å². The average molecular weight is 412 g/mol. The third kappa shape index (κ3) is 4.00. The molecule has 0 spiro atoms. The molecule has 4 rings (SSSR count). The number of carbonyl (C=O) groups is 1. The summed E-state index contributed by atoms with van der Waals surface area (Å²) in [5, 5.41) is 0. The van der Waals surface area contributed by atoms with Crippen molar-refractivity contribution < 1.29 is 9.53 Å². The van der Waals surface area contributed by atoms with Crippen LogP contribution >= 0.6 is 11.8 Å². The van der Waals surface area contributed by atoms with Crippen molar-refractivity contribution in [2.24, 2.45) is 15.9 Å². The van der Waals surface area contributed by atoms with E-state index in [4.69, 9.17) is 14.7 Å². The Labute approximate surface area is 177 Å². The van der Waals surface area contributed by atoms with Crippen LogP contribution < -0.4 is 4.90 Å². The quantitative estimate of drug-likeness (QED) is 0.633. The number of anilines is 1. The van der Waals surface area contributed by atoms with Crippen LogP contribution in [0.4, 0.5) is 11.4 Å². The maximum atomic E-state index is 12.2. The van der Waals surface area contributed by atoms with Crippen LogP contribution in [-0.4, -0.2) is 42.2 Å². The van der Waals surface area contributed by atoms with Crippen LogP contribution in [0.25, 0.3) is 0 Å². The number of esters is 1. The molecular formula is C23H29N3O2S. The number of amidine groups is 1. The second kappa shape index (κ2) is 8.34. The molecule has 154 valence electrons. The van der Waals surface area contributed by atoms with Gasteiger partial charge in [-0.3, -0.25) is 9.89 Å². The van der Waals surface area contributed by atoms with E-state index in [-0.39, 0.29) is 12.0 Å². The highest BCUT2D eigenvalue weighted by atomic mass is 32.2. The average Bonchev–Trinajstić information content (AvgIpc) is 2.88. The molecule has 1 aromatic rings. The number of hydrogen-bond donors (Lipinski definition) is 0. The number of fused-ring (bicyclic) bond motifs is 3. The molecule has 1 aromatic carbocycles. The predicted octanol–water partition coefficient (Wildman–Crippen LogP) is 5.30. The molecule has 3 aliphatic heterocycles. The molecule has 1 fully saturated rings. The SMILES string of the molecule is COC(=O)c1cc2c(cc1C)N1C(CC3CCSCC3)=CCC(C)N=C1C(C)=N2. The van der Waals surface area contributed by atoms with Gasteiger partial charge in [-0.2, -0.15) is 11.8 Å². The summed E-state index contributed by atoms with van der Waals surface area (Å²) in [7, 11) is 1.42. The summed E-state index contributed by atoms with van der Waals surface area (Å²) in [6, 6.07) is 4.15. The lowest BCUT2D eigenvalue weighted by atomic mass is 9.94. The van der Waals surface area contributed by atoms with E-state index >= 15 is 0 Å². The molecule has 0 N–H and O–H groups in total. The molecule has 3 aliphatic rings. The molecule has 0 radical (unpaired) electrons. The summed E-state index contributed by atoms with van der Waals surface area (Å²) in [5.74, 6) is 3.86. The summed E-state index contributed by atoms with van der Waals surface area (Å²) < 4.78 is 4.96. The fraction of sp³-hybridized carbons (Fsp3) is 0.522. The zero-order valence-electron chi connectivity index (χ0n) is 17.7. The molecule has 0 aromatic heterocycles. The van der Waals surface area contributed by atoms with E-state index in [0.29, 0.717) is 5.56 Å². The lowest BCUT2D eigenvalue weighted by molar-refractivity contribution is 0.0600. The van der Waals surface area contributed by atoms with Crippen molar-refractivity contribution in [1.29, 1.82) is 0 Å². The zero-order valence-corrected chi connectivity index (χ0v) is 18.5. The van der Waals surface area contributed by atoms with Gasteiger partial charge in [0.25, 0.3) is 0 Å². The van der Waals surface area contributed by atoms with Crippen LogP contribution in [0, 0.1) is 12.8 Å². The first kappa shape index (κ1) is 20.2. The van der Waals surface area contributed by atoms with Gasteiger partial charge in [0, 0.05) is 5.70 Å². The molecule has 0 amide bonds. The van der Waals surface area contributed by atoms with Gasteiger partial charge in [0.1, 0.15) is 0 Å². The highest BCUT2D eigenvalue weighted by Crippen LogP contribution is 2.41. The minimum atomic E-state index is -0.322. The van der Waals surface area contributed by atoms with Crippen LogP contribution in [0.2, 0.25) is 0 Å². The third-order valence-corrected chi connectivity index (χ3v) is 7.00. The molecule has 1 unspecified atom stereocenters. The minimum Gasteiger partial charge on any atom is -0.465 e. The normalized spacial score (nSPS) is 22.0. The van der Waals surface area contributed by atoms with E-state index in [9.17, 15) is 4.79 Å². The van der Waals surface area contributed by atoms with Gasteiger partial charge in [-0.15, -0.1) is 0 Å². The molecule has 3 heterocycles. The van der Waals surface area contributed by atoms with Crippen molar-refractivity contribution in [1.82, 2.24) is 0 Å². The Morgan fingerprint density at radius 3 is 2.76 bits per heavy atom. The number of carbonyl (C=O) groups excluding carboxylic acids is 1. The van der Waals surface area contributed by atoms with E-state index in [1.54, 1.807) is 0 Å². The van der Waals surface area contributed by atoms with Gasteiger partial charge in [-0.05, 0) is 81.6 Å². The van der Waals surface area contributed by atoms with Crippen molar-refractivity contribution in [3.8, 4) is 0 Å². The molecule has 1 atom stereocenters. The fourth-order valence-corrected chi connectivity index (χ4v) is 5.51. The van der Waals surface area contributed by atoms with Gasteiger partial charge in [-0.25, -0.2) is 9.79 Å². The van der Waals surface area contributed by atoms with E-state index in [1.165, 1.54) is 37.2 Å².